The molecule has 0 aromatic heterocycles. The van der Waals surface area contributed by atoms with Gasteiger partial charge in [0.25, 0.3) is 0 Å². The minimum absolute atomic E-state index is 0.134. The van der Waals surface area contributed by atoms with E-state index < -0.39 is 0 Å². The van der Waals surface area contributed by atoms with Crippen molar-refractivity contribution in [3.05, 3.63) is 35.6 Å². The van der Waals surface area contributed by atoms with Gasteiger partial charge < -0.3 is 5.32 Å². The summed E-state index contributed by atoms with van der Waals surface area (Å²) >= 11 is 0. The summed E-state index contributed by atoms with van der Waals surface area (Å²) in [6.45, 7) is 9.73. The van der Waals surface area contributed by atoms with Crippen molar-refractivity contribution in [2.24, 2.45) is 5.92 Å². The van der Waals surface area contributed by atoms with E-state index in [0.29, 0.717) is 18.0 Å². The molecule has 1 N–H and O–H groups in total. The molecule has 0 radical (unpaired) electrons. The van der Waals surface area contributed by atoms with E-state index in [1.165, 1.54) is 12.5 Å². The summed E-state index contributed by atoms with van der Waals surface area (Å²) in [5, 5.41) is 3.64. The first-order valence-electron chi connectivity index (χ1n) is 7.80. The zero-order valence-electron chi connectivity index (χ0n) is 12.9. The molecule has 1 aliphatic rings. The first-order chi connectivity index (χ1) is 9.58. The Morgan fingerprint density at radius 2 is 2.20 bits per heavy atom. The molecule has 3 heteroatoms. The van der Waals surface area contributed by atoms with Crippen LogP contribution in [0.4, 0.5) is 4.39 Å². The van der Waals surface area contributed by atoms with E-state index in [1.54, 1.807) is 6.07 Å². The van der Waals surface area contributed by atoms with E-state index in [0.717, 1.165) is 31.6 Å². The third kappa shape index (κ3) is 4.29. The number of nitrogens with zero attached hydrogens (tertiary/aromatic N) is 1. The second-order valence-electron chi connectivity index (χ2n) is 6.36. The Morgan fingerprint density at radius 1 is 1.40 bits per heavy atom. The average Bonchev–Trinajstić information content (AvgIpc) is 2.40. The van der Waals surface area contributed by atoms with Crippen LogP contribution in [0.5, 0.6) is 0 Å². The molecule has 2 atom stereocenters. The highest BCUT2D eigenvalue weighted by Crippen LogP contribution is 2.19. The Labute approximate surface area is 122 Å². The summed E-state index contributed by atoms with van der Waals surface area (Å²) < 4.78 is 13.3. The fourth-order valence-corrected chi connectivity index (χ4v) is 3.04. The molecule has 1 aromatic carbocycles. The largest absolute Gasteiger partial charge is 0.311 e. The molecule has 2 unspecified atom stereocenters. The summed E-state index contributed by atoms with van der Waals surface area (Å²) in [5.74, 6) is 0.556. The number of piperazine rings is 1. The minimum atomic E-state index is -0.134. The normalized spacial score (nSPS) is 24.2. The van der Waals surface area contributed by atoms with Gasteiger partial charge in [0.15, 0.2) is 0 Å². The van der Waals surface area contributed by atoms with E-state index >= 15 is 0 Å². The summed E-state index contributed by atoms with van der Waals surface area (Å²) in [7, 11) is 0. The summed E-state index contributed by atoms with van der Waals surface area (Å²) in [6.07, 6.45) is 2.34. The van der Waals surface area contributed by atoms with Gasteiger partial charge in [-0.3, -0.25) is 4.90 Å². The second kappa shape index (κ2) is 7.19. The molecule has 0 spiro atoms. The van der Waals surface area contributed by atoms with E-state index in [-0.39, 0.29) is 5.82 Å². The smallest absolute Gasteiger partial charge is 0.123 e. The SMILES string of the molecule is CCC1CN(Cc2cccc(F)c2)C(CC(C)C)CN1. The molecule has 1 aliphatic heterocycles. The van der Waals surface area contributed by atoms with E-state index in [9.17, 15) is 4.39 Å². The Bertz CT molecular complexity index is 419. The van der Waals surface area contributed by atoms with Crippen molar-refractivity contribution in [2.45, 2.75) is 52.2 Å². The van der Waals surface area contributed by atoms with Gasteiger partial charge in [-0.05, 0) is 36.5 Å². The first-order valence-corrected chi connectivity index (χ1v) is 7.80. The minimum Gasteiger partial charge on any atom is -0.311 e. The Hall–Kier alpha value is -0.930. The van der Waals surface area contributed by atoms with Crippen LogP contribution in [0.2, 0.25) is 0 Å². The Morgan fingerprint density at radius 3 is 2.85 bits per heavy atom. The summed E-state index contributed by atoms with van der Waals surface area (Å²) in [6, 6.07) is 8.13. The first kappa shape index (κ1) is 15.5. The van der Waals surface area contributed by atoms with Crippen LogP contribution >= 0.6 is 0 Å². The highest BCUT2D eigenvalue weighted by atomic mass is 19.1. The molecular formula is C17H27FN2. The highest BCUT2D eigenvalue weighted by molar-refractivity contribution is 5.16. The topological polar surface area (TPSA) is 15.3 Å². The van der Waals surface area contributed by atoms with E-state index in [4.69, 9.17) is 0 Å². The maximum atomic E-state index is 13.3. The van der Waals surface area contributed by atoms with E-state index in [1.807, 2.05) is 12.1 Å². The maximum absolute atomic E-state index is 13.3. The standard InChI is InChI=1S/C17H27FN2/c1-4-16-12-20(17(10-19-16)8-13(2)3)11-14-6-5-7-15(18)9-14/h5-7,9,13,16-17,19H,4,8,10-12H2,1-3H3. The van der Waals surface area contributed by atoms with Crippen LogP contribution in [0.15, 0.2) is 24.3 Å². The predicted octanol–water partition coefficient (Wildman–Crippen LogP) is 3.42. The van der Waals surface area contributed by atoms with Gasteiger partial charge in [0.05, 0.1) is 0 Å². The quantitative estimate of drug-likeness (QED) is 0.888. The molecule has 0 saturated carbocycles. The number of hydrogen-bond donors (Lipinski definition) is 1. The molecule has 2 rings (SSSR count). The van der Waals surface area contributed by atoms with Crippen molar-refractivity contribution >= 4 is 0 Å². The van der Waals surface area contributed by atoms with Crippen LogP contribution in [-0.2, 0) is 6.54 Å². The lowest BCUT2D eigenvalue weighted by molar-refractivity contribution is 0.105. The molecule has 0 bridgehead atoms. The fourth-order valence-electron chi connectivity index (χ4n) is 3.04. The van der Waals surface area contributed by atoms with Crippen LogP contribution in [0.25, 0.3) is 0 Å². The summed E-state index contributed by atoms with van der Waals surface area (Å²) in [5.41, 5.74) is 1.08. The third-order valence-electron chi connectivity index (χ3n) is 4.12. The predicted molar refractivity (Wildman–Crippen MR) is 82.1 cm³/mol. The monoisotopic (exact) mass is 278 g/mol. The number of hydrogen-bond acceptors (Lipinski definition) is 2. The van der Waals surface area contributed by atoms with Gasteiger partial charge >= 0.3 is 0 Å². The van der Waals surface area contributed by atoms with Crippen LogP contribution in [0.3, 0.4) is 0 Å². The van der Waals surface area contributed by atoms with Gasteiger partial charge in [0.2, 0.25) is 0 Å². The second-order valence-corrected chi connectivity index (χ2v) is 6.36. The number of halogens is 1. The number of benzene rings is 1. The van der Waals surface area contributed by atoms with Crippen molar-refractivity contribution in [2.75, 3.05) is 13.1 Å². The zero-order valence-corrected chi connectivity index (χ0v) is 12.9. The van der Waals surface area contributed by atoms with Gasteiger partial charge in [-0.2, -0.15) is 0 Å². The van der Waals surface area contributed by atoms with Crippen molar-refractivity contribution in [1.29, 1.82) is 0 Å². The van der Waals surface area contributed by atoms with Crippen molar-refractivity contribution < 1.29 is 4.39 Å². The molecule has 1 aromatic rings. The maximum Gasteiger partial charge on any atom is 0.123 e. The van der Waals surface area contributed by atoms with Crippen LogP contribution in [0.1, 0.15) is 39.2 Å². The lowest BCUT2D eigenvalue weighted by Crippen LogP contribution is -2.56. The Kier molecular flexibility index (Phi) is 5.55. The average molecular weight is 278 g/mol. The van der Waals surface area contributed by atoms with Crippen molar-refractivity contribution in [3.63, 3.8) is 0 Å². The summed E-state index contributed by atoms with van der Waals surface area (Å²) in [4.78, 5) is 2.53. The fraction of sp³-hybridized carbons (Fsp3) is 0.647. The van der Waals surface area contributed by atoms with Crippen LogP contribution < -0.4 is 5.32 Å². The molecule has 0 aliphatic carbocycles. The van der Waals surface area contributed by atoms with Gasteiger partial charge in [-0.25, -0.2) is 4.39 Å². The van der Waals surface area contributed by atoms with Crippen LogP contribution in [-0.4, -0.2) is 30.1 Å². The molecule has 1 saturated heterocycles. The van der Waals surface area contributed by atoms with E-state index in [2.05, 4.69) is 31.0 Å². The van der Waals surface area contributed by atoms with Crippen molar-refractivity contribution in [3.8, 4) is 0 Å². The zero-order chi connectivity index (χ0) is 14.5. The van der Waals surface area contributed by atoms with Crippen molar-refractivity contribution in [1.82, 2.24) is 10.2 Å². The van der Waals surface area contributed by atoms with Crippen LogP contribution in [0, 0.1) is 11.7 Å². The highest BCUT2D eigenvalue weighted by Gasteiger charge is 2.27. The molecule has 1 heterocycles. The molecule has 112 valence electrons. The van der Waals surface area contributed by atoms with Gasteiger partial charge in [0.1, 0.15) is 5.82 Å². The molecule has 0 amide bonds. The molecule has 20 heavy (non-hydrogen) atoms. The third-order valence-corrected chi connectivity index (χ3v) is 4.12. The Balaban J connectivity index is 2.06. The molecule has 2 nitrogen and oxygen atoms in total. The van der Waals surface area contributed by atoms with Gasteiger partial charge in [-0.1, -0.05) is 32.9 Å². The van der Waals surface area contributed by atoms with Gasteiger partial charge in [-0.15, -0.1) is 0 Å². The van der Waals surface area contributed by atoms with Gasteiger partial charge in [0, 0.05) is 31.7 Å². The lowest BCUT2D eigenvalue weighted by Gasteiger charge is -2.41. The number of rotatable bonds is 5. The lowest BCUT2D eigenvalue weighted by atomic mass is 9.97. The molecule has 1 fully saturated rings. The molecular weight excluding hydrogens is 251 g/mol. The number of nitrogens with one attached hydrogen (secondary N) is 1.